The molecule has 1 aromatic rings. The van der Waals surface area contributed by atoms with Crippen molar-refractivity contribution in [3.63, 3.8) is 0 Å². The van der Waals surface area contributed by atoms with E-state index < -0.39 is 0 Å². The fourth-order valence-electron chi connectivity index (χ4n) is 1.50. The minimum absolute atomic E-state index is 0.827. The van der Waals surface area contributed by atoms with Gasteiger partial charge in [0, 0.05) is 13.1 Å². The number of unbranched alkanes of at least 4 members (excludes halogenated alkanes) is 1. The van der Waals surface area contributed by atoms with Gasteiger partial charge in [0.15, 0.2) is 0 Å². The van der Waals surface area contributed by atoms with Gasteiger partial charge in [0.2, 0.25) is 6.41 Å². The molecule has 1 amide bonds. The highest BCUT2D eigenvalue weighted by atomic mass is 16.1. The van der Waals surface area contributed by atoms with E-state index in [1.807, 2.05) is 23.1 Å². The fraction of sp³-hybridized carbons (Fsp3) is 0.462. The molecule has 0 aliphatic carbocycles. The van der Waals surface area contributed by atoms with Crippen LogP contribution in [0.5, 0.6) is 0 Å². The van der Waals surface area contributed by atoms with Gasteiger partial charge in [-0.1, -0.05) is 43.7 Å². The van der Waals surface area contributed by atoms with Gasteiger partial charge in [-0.3, -0.25) is 4.79 Å². The molecule has 2 heteroatoms. The van der Waals surface area contributed by atoms with Crippen molar-refractivity contribution in [2.45, 2.75) is 26.2 Å². The average molecular weight is 205 g/mol. The molecule has 0 unspecified atom stereocenters. The van der Waals surface area contributed by atoms with Crippen molar-refractivity contribution < 1.29 is 4.79 Å². The first-order valence-corrected chi connectivity index (χ1v) is 5.60. The molecule has 0 saturated carbocycles. The molecule has 0 atom stereocenters. The molecule has 0 heterocycles. The summed E-state index contributed by atoms with van der Waals surface area (Å²) in [6.07, 6.45) is 4.13. The van der Waals surface area contributed by atoms with E-state index in [1.165, 1.54) is 5.56 Å². The van der Waals surface area contributed by atoms with E-state index in [1.54, 1.807) is 0 Å². The standard InChI is InChI=1S/C13H19NO/c1-2-3-10-14(12-15)11-9-13-7-5-4-6-8-13/h4-8,12H,2-3,9-11H2,1H3. The van der Waals surface area contributed by atoms with Crippen LogP contribution in [-0.2, 0) is 11.2 Å². The first kappa shape index (κ1) is 11.8. The molecule has 0 aliphatic rings. The lowest BCUT2D eigenvalue weighted by atomic mass is 10.1. The molecule has 0 radical (unpaired) electrons. The average Bonchev–Trinajstić information content (AvgIpc) is 2.31. The van der Waals surface area contributed by atoms with Crippen LogP contribution in [0.25, 0.3) is 0 Å². The van der Waals surface area contributed by atoms with Crippen molar-refractivity contribution in [1.82, 2.24) is 4.90 Å². The van der Waals surface area contributed by atoms with Crippen LogP contribution in [0.15, 0.2) is 30.3 Å². The first-order chi connectivity index (χ1) is 7.36. The Kier molecular flexibility index (Phi) is 5.52. The molecule has 82 valence electrons. The molecule has 1 rings (SSSR count). The molecule has 0 bridgehead atoms. The van der Waals surface area contributed by atoms with Crippen LogP contribution in [0.4, 0.5) is 0 Å². The Hall–Kier alpha value is -1.31. The van der Waals surface area contributed by atoms with E-state index in [2.05, 4.69) is 19.1 Å². The Morgan fingerprint density at radius 2 is 1.93 bits per heavy atom. The topological polar surface area (TPSA) is 20.3 Å². The lowest BCUT2D eigenvalue weighted by Gasteiger charge is -2.16. The number of carbonyl (C=O) groups is 1. The largest absolute Gasteiger partial charge is 0.345 e. The van der Waals surface area contributed by atoms with Crippen molar-refractivity contribution in [2.24, 2.45) is 0 Å². The number of hydrogen-bond acceptors (Lipinski definition) is 1. The van der Waals surface area contributed by atoms with E-state index in [0.29, 0.717) is 0 Å². The van der Waals surface area contributed by atoms with E-state index in [9.17, 15) is 4.79 Å². The van der Waals surface area contributed by atoms with Crippen LogP contribution in [0.1, 0.15) is 25.3 Å². The minimum atomic E-state index is 0.827. The summed E-state index contributed by atoms with van der Waals surface area (Å²) < 4.78 is 0. The van der Waals surface area contributed by atoms with Crippen LogP contribution in [0.3, 0.4) is 0 Å². The van der Waals surface area contributed by atoms with Gasteiger partial charge in [-0.15, -0.1) is 0 Å². The van der Waals surface area contributed by atoms with Crippen LogP contribution < -0.4 is 0 Å². The third-order valence-electron chi connectivity index (χ3n) is 2.48. The molecule has 0 aliphatic heterocycles. The molecule has 1 aromatic carbocycles. The Bertz CT molecular complexity index is 271. The van der Waals surface area contributed by atoms with Crippen molar-refractivity contribution >= 4 is 6.41 Å². The lowest BCUT2D eigenvalue weighted by molar-refractivity contribution is -0.118. The zero-order valence-electron chi connectivity index (χ0n) is 9.36. The number of nitrogens with zero attached hydrogens (tertiary/aromatic N) is 1. The van der Waals surface area contributed by atoms with Crippen LogP contribution >= 0.6 is 0 Å². The summed E-state index contributed by atoms with van der Waals surface area (Å²) in [4.78, 5) is 12.6. The fourth-order valence-corrected chi connectivity index (χ4v) is 1.50. The first-order valence-electron chi connectivity index (χ1n) is 5.60. The van der Waals surface area contributed by atoms with Crippen molar-refractivity contribution in [2.75, 3.05) is 13.1 Å². The van der Waals surface area contributed by atoms with Crippen LogP contribution in [-0.4, -0.2) is 24.4 Å². The van der Waals surface area contributed by atoms with Crippen LogP contribution in [0, 0.1) is 0 Å². The van der Waals surface area contributed by atoms with Crippen molar-refractivity contribution in [3.8, 4) is 0 Å². The zero-order valence-corrected chi connectivity index (χ0v) is 9.36. The van der Waals surface area contributed by atoms with E-state index in [-0.39, 0.29) is 0 Å². The number of amides is 1. The molecule has 0 saturated heterocycles. The van der Waals surface area contributed by atoms with E-state index >= 15 is 0 Å². The number of hydrogen-bond donors (Lipinski definition) is 0. The van der Waals surface area contributed by atoms with Crippen LogP contribution in [0.2, 0.25) is 0 Å². The molecular formula is C13H19NO. The Balaban J connectivity index is 2.31. The van der Waals surface area contributed by atoms with Gasteiger partial charge in [-0.2, -0.15) is 0 Å². The summed E-state index contributed by atoms with van der Waals surface area (Å²) in [6, 6.07) is 10.3. The quantitative estimate of drug-likeness (QED) is 0.626. The molecule has 0 fully saturated rings. The second-order valence-electron chi connectivity index (χ2n) is 3.73. The predicted octanol–water partition coefficient (Wildman–Crippen LogP) is 2.49. The molecule has 0 N–H and O–H groups in total. The maximum absolute atomic E-state index is 10.8. The maximum atomic E-state index is 10.8. The minimum Gasteiger partial charge on any atom is -0.345 e. The second kappa shape index (κ2) is 7.04. The summed E-state index contributed by atoms with van der Waals surface area (Å²) in [5.74, 6) is 0. The monoisotopic (exact) mass is 205 g/mol. The van der Waals surface area contributed by atoms with Gasteiger partial charge in [-0.25, -0.2) is 0 Å². The summed E-state index contributed by atoms with van der Waals surface area (Å²) in [7, 11) is 0. The molecular weight excluding hydrogens is 186 g/mol. The Morgan fingerprint density at radius 1 is 1.20 bits per heavy atom. The summed E-state index contributed by atoms with van der Waals surface area (Å²) >= 11 is 0. The number of rotatable bonds is 7. The van der Waals surface area contributed by atoms with Gasteiger partial charge in [0.05, 0.1) is 0 Å². The van der Waals surface area contributed by atoms with Gasteiger partial charge in [0.1, 0.15) is 0 Å². The molecule has 0 spiro atoms. The van der Waals surface area contributed by atoms with E-state index in [4.69, 9.17) is 0 Å². The number of carbonyl (C=O) groups excluding carboxylic acids is 1. The van der Waals surface area contributed by atoms with Gasteiger partial charge in [0.25, 0.3) is 0 Å². The van der Waals surface area contributed by atoms with Crippen molar-refractivity contribution in [1.29, 1.82) is 0 Å². The Morgan fingerprint density at radius 3 is 2.53 bits per heavy atom. The second-order valence-corrected chi connectivity index (χ2v) is 3.73. The highest BCUT2D eigenvalue weighted by molar-refractivity contribution is 5.46. The third kappa shape index (κ3) is 4.63. The third-order valence-corrected chi connectivity index (χ3v) is 2.48. The smallest absolute Gasteiger partial charge is 0.209 e. The van der Waals surface area contributed by atoms with Gasteiger partial charge >= 0.3 is 0 Å². The highest BCUT2D eigenvalue weighted by Crippen LogP contribution is 2.01. The zero-order chi connectivity index (χ0) is 10.9. The number of benzene rings is 1. The lowest BCUT2D eigenvalue weighted by Crippen LogP contribution is -2.25. The summed E-state index contributed by atoms with van der Waals surface area (Å²) in [5, 5.41) is 0. The molecule has 2 nitrogen and oxygen atoms in total. The normalized spacial score (nSPS) is 9.93. The van der Waals surface area contributed by atoms with E-state index in [0.717, 1.165) is 38.8 Å². The maximum Gasteiger partial charge on any atom is 0.209 e. The van der Waals surface area contributed by atoms with Crippen molar-refractivity contribution in [3.05, 3.63) is 35.9 Å². The molecule has 15 heavy (non-hydrogen) atoms. The van der Waals surface area contributed by atoms with Gasteiger partial charge in [-0.05, 0) is 18.4 Å². The SMILES string of the molecule is CCCCN(C=O)CCc1ccccc1. The van der Waals surface area contributed by atoms with Gasteiger partial charge < -0.3 is 4.90 Å². The summed E-state index contributed by atoms with van der Waals surface area (Å²) in [6.45, 7) is 3.85. The summed E-state index contributed by atoms with van der Waals surface area (Å²) in [5.41, 5.74) is 1.29. The Labute approximate surface area is 91.9 Å². The highest BCUT2D eigenvalue weighted by Gasteiger charge is 2.00. The predicted molar refractivity (Wildman–Crippen MR) is 62.7 cm³/mol. The molecule has 0 aromatic heterocycles.